The number of anilines is 1. The summed E-state index contributed by atoms with van der Waals surface area (Å²) in [6.07, 6.45) is -0.512. The lowest BCUT2D eigenvalue weighted by atomic mass is 9.87. The summed E-state index contributed by atoms with van der Waals surface area (Å²) in [5, 5.41) is 8.75. The van der Waals surface area contributed by atoms with Gasteiger partial charge in [-0.15, -0.1) is 0 Å². The molecule has 0 aromatic heterocycles. The smallest absolute Gasteiger partial charge is 0.415 e. The third kappa shape index (κ3) is 2.87. The lowest BCUT2D eigenvalue weighted by molar-refractivity contribution is 0.111. The van der Waals surface area contributed by atoms with Crippen molar-refractivity contribution in [3.63, 3.8) is 0 Å². The summed E-state index contributed by atoms with van der Waals surface area (Å²) >= 11 is 0. The number of carbonyl (C=O) groups is 1. The van der Waals surface area contributed by atoms with Crippen molar-refractivity contribution in [1.29, 1.82) is 5.26 Å². The minimum atomic E-state index is -0.613. The Morgan fingerprint density at radius 2 is 1.95 bits per heavy atom. The average molecular weight is 258 g/mol. The molecule has 1 aromatic rings. The third-order valence-electron chi connectivity index (χ3n) is 3.27. The van der Waals surface area contributed by atoms with E-state index in [2.05, 4.69) is 20.8 Å². The van der Waals surface area contributed by atoms with E-state index in [0.29, 0.717) is 13.0 Å². The van der Waals surface area contributed by atoms with Gasteiger partial charge < -0.3 is 4.74 Å². The van der Waals surface area contributed by atoms with Crippen molar-refractivity contribution in [3.8, 4) is 6.07 Å². The maximum atomic E-state index is 11.8. The first-order valence-electron chi connectivity index (χ1n) is 6.40. The molecule has 1 aliphatic heterocycles. The molecule has 0 radical (unpaired) electrons. The maximum absolute atomic E-state index is 11.8. The highest BCUT2D eigenvalue weighted by Crippen LogP contribution is 2.26. The van der Waals surface area contributed by atoms with Crippen LogP contribution in [0, 0.1) is 11.3 Å². The molecule has 4 heteroatoms. The zero-order chi connectivity index (χ0) is 14.0. The first kappa shape index (κ1) is 13.4. The van der Waals surface area contributed by atoms with Crippen LogP contribution in [-0.2, 0) is 10.2 Å². The summed E-state index contributed by atoms with van der Waals surface area (Å²) in [4.78, 5) is 13.4. The van der Waals surface area contributed by atoms with Crippen LogP contribution in [0.1, 0.15) is 32.8 Å². The summed E-state index contributed by atoms with van der Waals surface area (Å²) in [7, 11) is 0. The molecule has 2 rings (SSSR count). The van der Waals surface area contributed by atoms with Crippen molar-refractivity contribution in [2.24, 2.45) is 0 Å². The average Bonchev–Trinajstić information content (AvgIpc) is 2.37. The predicted octanol–water partition coefficient (Wildman–Crippen LogP) is 3.22. The Morgan fingerprint density at radius 3 is 2.42 bits per heavy atom. The third-order valence-corrected chi connectivity index (χ3v) is 3.27. The Hall–Kier alpha value is -2.02. The molecule has 1 aromatic carbocycles. The van der Waals surface area contributed by atoms with Crippen LogP contribution in [0.25, 0.3) is 0 Å². The predicted molar refractivity (Wildman–Crippen MR) is 73.0 cm³/mol. The summed E-state index contributed by atoms with van der Waals surface area (Å²) in [6.45, 7) is 6.96. The fourth-order valence-electron chi connectivity index (χ4n) is 2.05. The van der Waals surface area contributed by atoms with Crippen LogP contribution in [0.15, 0.2) is 24.3 Å². The summed E-state index contributed by atoms with van der Waals surface area (Å²) in [5.41, 5.74) is 2.12. The number of nitriles is 1. The van der Waals surface area contributed by atoms with E-state index in [9.17, 15) is 4.79 Å². The van der Waals surface area contributed by atoms with Gasteiger partial charge in [-0.1, -0.05) is 32.9 Å². The van der Waals surface area contributed by atoms with E-state index in [-0.39, 0.29) is 5.41 Å². The van der Waals surface area contributed by atoms with E-state index < -0.39 is 12.2 Å². The van der Waals surface area contributed by atoms with Gasteiger partial charge in [-0.25, -0.2) is 4.79 Å². The van der Waals surface area contributed by atoms with Crippen LogP contribution in [0.4, 0.5) is 10.5 Å². The lowest BCUT2D eigenvalue weighted by Gasteiger charge is -2.29. The lowest BCUT2D eigenvalue weighted by Crippen LogP contribution is -2.41. The van der Waals surface area contributed by atoms with Crippen molar-refractivity contribution in [2.75, 3.05) is 11.4 Å². The monoisotopic (exact) mass is 258 g/mol. The fourth-order valence-corrected chi connectivity index (χ4v) is 2.05. The number of rotatable bonds is 1. The van der Waals surface area contributed by atoms with Gasteiger partial charge in [0.25, 0.3) is 0 Å². The minimum absolute atomic E-state index is 0.0901. The van der Waals surface area contributed by atoms with Crippen molar-refractivity contribution >= 4 is 11.8 Å². The summed E-state index contributed by atoms with van der Waals surface area (Å²) in [5.74, 6) is 0. The Labute approximate surface area is 113 Å². The van der Waals surface area contributed by atoms with Crippen LogP contribution < -0.4 is 4.90 Å². The Morgan fingerprint density at radius 1 is 1.32 bits per heavy atom. The SMILES string of the molecule is CC(C)(C)c1ccc(N2CCC(C#N)OC2=O)cc1. The fraction of sp³-hybridized carbons (Fsp3) is 0.467. The first-order valence-corrected chi connectivity index (χ1v) is 6.40. The molecular formula is C15H18N2O2. The van der Waals surface area contributed by atoms with Crippen LogP contribution in [0.3, 0.4) is 0 Å². The van der Waals surface area contributed by atoms with Crippen molar-refractivity contribution in [3.05, 3.63) is 29.8 Å². The topological polar surface area (TPSA) is 53.3 Å². The standard InChI is InChI=1S/C15H18N2O2/c1-15(2,3)11-4-6-12(7-5-11)17-9-8-13(10-16)19-14(17)18/h4-7,13H,8-9H2,1-3H3. The second kappa shape index (κ2) is 4.93. The molecule has 0 aliphatic carbocycles. The molecule has 0 bridgehead atoms. The summed E-state index contributed by atoms with van der Waals surface area (Å²) in [6, 6.07) is 9.87. The zero-order valence-electron chi connectivity index (χ0n) is 11.5. The molecular weight excluding hydrogens is 240 g/mol. The number of carbonyl (C=O) groups excluding carboxylic acids is 1. The van der Waals surface area contributed by atoms with Gasteiger partial charge in [-0.05, 0) is 23.1 Å². The van der Waals surface area contributed by atoms with E-state index in [1.165, 1.54) is 5.56 Å². The number of cyclic esters (lactones) is 1. The van der Waals surface area contributed by atoms with E-state index in [4.69, 9.17) is 10.00 Å². The molecule has 1 aliphatic rings. The molecule has 1 atom stereocenters. The molecule has 1 saturated heterocycles. The molecule has 0 saturated carbocycles. The van der Waals surface area contributed by atoms with Gasteiger partial charge in [0.1, 0.15) is 6.07 Å². The Bertz CT molecular complexity index is 508. The molecule has 0 spiro atoms. The highest BCUT2D eigenvalue weighted by Gasteiger charge is 2.28. The first-order chi connectivity index (χ1) is 8.91. The highest BCUT2D eigenvalue weighted by molar-refractivity contribution is 5.88. The van der Waals surface area contributed by atoms with E-state index >= 15 is 0 Å². The normalized spacial score (nSPS) is 19.8. The van der Waals surface area contributed by atoms with Gasteiger partial charge >= 0.3 is 6.09 Å². The quantitative estimate of drug-likeness (QED) is 0.777. The molecule has 1 amide bonds. The maximum Gasteiger partial charge on any atom is 0.415 e. The largest absolute Gasteiger partial charge is 0.430 e. The van der Waals surface area contributed by atoms with E-state index in [1.54, 1.807) is 4.90 Å². The number of nitrogens with zero attached hydrogens (tertiary/aromatic N) is 2. The number of ether oxygens (including phenoxy) is 1. The molecule has 1 unspecified atom stereocenters. The van der Waals surface area contributed by atoms with Crippen molar-refractivity contribution < 1.29 is 9.53 Å². The number of amides is 1. The van der Waals surface area contributed by atoms with E-state index in [1.807, 2.05) is 30.3 Å². The number of hydrogen-bond donors (Lipinski definition) is 0. The molecule has 1 fully saturated rings. The number of benzene rings is 1. The molecule has 1 heterocycles. The van der Waals surface area contributed by atoms with Crippen molar-refractivity contribution in [2.45, 2.75) is 38.7 Å². The van der Waals surface area contributed by atoms with Gasteiger partial charge in [0.2, 0.25) is 0 Å². The molecule has 100 valence electrons. The Kier molecular flexibility index (Phi) is 3.48. The van der Waals surface area contributed by atoms with Crippen LogP contribution in [0.5, 0.6) is 0 Å². The van der Waals surface area contributed by atoms with Crippen molar-refractivity contribution in [1.82, 2.24) is 0 Å². The van der Waals surface area contributed by atoms with Crippen LogP contribution in [-0.4, -0.2) is 18.7 Å². The minimum Gasteiger partial charge on any atom is -0.430 e. The van der Waals surface area contributed by atoms with Gasteiger partial charge in [0, 0.05) is 18.7 Å². The zero-order valence-corrected chi connectivity index (χ0v) is 11.5. The van der Waals surface area contributed by atoms with Crippen LogP contribution in [0.2, 0.25) is 0 Å². The van der Waals surface area contributed by atoms with Gasteiger partial charge in [-0.3, -0.25) is 4.90 Å². The molecule has 4 nitrogen and oxygen atoms in total. The number of hydrogen-bond acceptors (Lipinski definition) is 3. The van der Waals surface area contributed by atoms with Crippen LogP contribution >= 0.6 is 0 Å². The Balaban J connectivity index is 2.16. The molecule has 0 N–H and O–H groups in total. The second-order valence-electron chi connectivity index (χ2n) is 5.74. The van der Waals surface area contributed by atoms with Gasteiger partial charge in [0.05, 0.1) is 0 Å². The highest BCUT2D eigenvalue weighted by atomic mass is 16.6. The van der Waals surface area contributed by atoms with Gasteiger partial charge in [-0.2, -0.15) is 5.26 Å². The van der Waals surface area contributed by atoms with E-state index in [0.717, 1.165) is 5.69 Å². The summed E-state index contributed by atoms with van der Waals surface area (Å²) < 4.78 is 5.03. The molecule has 19 heavy (non-hydrogen) atoms. The van der Waals surface area contributed by atoms with Gasteiger partial charge in [0.15, 0.2) is 6.10 Å². The second-order valence-corrected chi connectivity index (χ2v) is 5.74.